The zero-order chi connectivity index (χ0) is 25.4. The Morgan fingerprint density at radius 1 is 1.03 bits per heavy atom. The van der Waals surface area contributed by atoms with Crippen molar-refractivity contribution in [3.05, 3.63) is 111 Å². The number of halogens is 3. The second kappa shape index (κ2) is 9.43. The smallest absolute Gasteiger partial charge is 0.362 e. The number of amides is 1. The Balaban J connectivity index is 1.50. The fraction of sp³-hybridized carbons (Fsp3) is 0.214. The Morgan fingerprint density at radius 2 is 1.81 bits per heavy atom. The number of allylic oxidation sites excluding steroid dienone is 3. The van der Waals surface area contributed by atoms with Crippen LogP contribution >= 0.6 is 11.3 Å². The highest BCUT2D eigenvalue weighted by Crippen LogP contribution is 2.46. The van der Waals surface area contributed by atoms with Crippen LogP contribution in [0.25, 0.3) is 0 Å². The maximum Gasteiger partial charge on any atom is 0.416 e. The van der Waals surface area contributed by atoms with Gasteiger partial charge in [-0.25, -0.2) is 0 Å². The van der Waals surface area contributed by atoms with Crippen LogP contribution in [0, 0.1) is 0 Å². The molecule has 0 unspecified atom stereocenters. The number of dihydropyridines is 1. The fourth-order valence-electron chi connectivity index (χ4n) is 5.05. The van der Waals surface area contributed by atoms with Gasteiger partial charge >= 0.3 is 6.18 Å². The summed E-state index contributed by atoms with van der Waals surface area (Å²) in [6.07, 6.45) is -3.57. The SMILES string of the molecule is CC1=C(C(=O)Nc2cccc(C(F)(F)F)c2)[C@@H](c2ccsc2)C2=C(C[C@H](c3ccccc3)CC2=O)N1. The van der Waals surface area contributed by atoms with E-state index in [2.05, 4.69) is 10.6 Å². The molecule has 0 bridgehead atoms. The van der Waals surface area contributed by atoms with Crippen LogP contribution in [0.15, 0.2) is 94.0 Å². The number of carbonyl (C=O) groups excluding carboxylic acids is 2. The molecule has 1 aliphatic carbocycles. The number of benzene rings is 2. The highest BCUT2D eigenvalue weighted by molar-refractivity contribution is 7.08. The van der Waals surface area contributed by atoms with Crippen LogP contribution in [-0.2, 0) is 15.8 Å². The number of nitrogens with one attached hydrogen (secondary N) is 2. The number of Topliss-reactive ketones (excluding diaryl/α,β-unsaturated/α-hetero) is 1. The zero-order valence-electron chi connectivity index (χ0n) is 19.4. The molecule has 0 radical (unpaired) electrons. The number of thiophene rings is 1. The lowest BCUT2D eigenvalue weighted by atomic mass is 9.72. The topological polar surface area (TPSA) is 58.2 Å². The van der Waals surface area contributed by atoms with Gasteiger partial charge in [-0.2, -0.15) is 24.5 Å². The quantitative estimate of drug-likeness (QED) is 0.409. The minimum absolute atomic E-state index is 0.0290. The standard InChI is InChI=1S/C28H23F3N2O2S/c1-16-24(27(35)33-21-9-5-8-20(14-21)28(29,30)31)25(18-10-11-36-15-18)26-22(32-16)12-19(13-23(26)34)17-6-3-2-4-7-17/h2-11,14-15,19,25,32H,12-13H2,1H3,(H,33,35)/t19-,25+/m0/s1. The molecule has 2 heterocycles. The summed E-state index contributed by atoms with van der Waals surface area (Å²) in [6.45, 7) is 1.76. The molecule has 0 saturated carbocycles. The van der Waals surface area contributed by atoms with Crippen molar-refractivity contribution >= 4 is 28.7 Å². The fourth-order valence-corrected chi connectivity index (χ4v) is 5.73. The maximum atomic E-state index is 13.5. The molecule has 1 aliphatic heterocycles. The van der Waals surface area contributed by atoms with Gasteiger partial charge in [-0.15, -0.1) is 0 Å². The molecule has 0 fully saturated rings. The van der Waals surface area contributed by atoms with Crippen LogP contribution in [0.4, 0.5) is 18.9 Å². The number of hydrogen-bond donors (Lipinski definition) is 2. The highest BCUT2D eigenvalue weighted by atomic mass is 32.1. The van der Waals surface area contributed by atoms with Crippen molar-refractivity contribution < 1.29 is 22.8 Å². The molecule has 4 nitrogen and oxygen atoms in total. The van der Waals surface area contributed by atoms with E-state index in [9.17, 15) is 22.8 Å². The van der Waals surface area contributed by atoms with Crippen molar-refractivity contribution in [2.75, 3.05) is 5.32 Å². The molecule has 2 aliphatic rings. The first kappa shape index (κ1) is 24.1. The summed E-state index contributed by atoms with van der Waals surface area (Å²) in [6, 6.07) is 16.3. The molecule has 0 spiro atoms. The van der Waals surface area contributed by atoms with Crippen molar-refractivity contribution in [2.24, 2.45) is 0 Å². The number of anilines is 1. The van der Waals surface area contributed by atoms with Gasteiger partial charge in [0.05, 0.1) is 5.56 Å². The molecular formula is C28H23F3N2O2S. The number of rotatable bonds is 4. The molecule has 1 amide bonds. The summed E-state index contributed by atoms with van der Waals surface area (Å²) in [7, 11) is 0. The van der Waals surface area contributed by atoms with Gasteiger partial charge in [-0.1, -0.05) is 36.4 Å². The summed E-state index contributed by atoms with van der Waals surface area (Å²) < 4.78 is 39.5. The van der Waals surface area contributed by atoms with Gasteiger partial charge in [0.25, 0.3) is 5.91 Å². The third-order valence-corrected chi connectivity index (χ3v) is 7.37. The molecular weight excluding hydrogens is 485 g/mol. The van der Waals surface area contributed by atoms with Gasteiger partial charge in [0, 0.05) is 40.6 Å². The van der Waals surface area contributed by atoms with Gasteiger partial charge in [0.15, 0.2) is 5.78 Å². The van der Waals surface area contributed by atoms with Gasteiger partial charge in [0.2, 0.25) is 0 Å². The van der Waals surface area contributed by atoms with Gasteiger partial charge in [-0.3, -0.25) is 9.59 Å². The largest absolute Gasteiger partial charge is 0.416 e. The van der Waals surface area contributed by atoms with Crippen LogP contribution in [0.2, 0.25) is 0 Å². The molecule has 2 atom stereocenters. The van der Waals surface area contributed by atoms with Crippen molar-refractivity contribution in [2.45, 2.75) is 37.8 Å². The number of alkyl halides is 3. The van der Waals surface area contributed by atoms with E-state index >= 15 is 0 Å². The van der Waals surface area contributed by atoms with Gasteiger partial charge in [-0.05, 0) is 65.4 Å². The van der Waals surface area contributed by atoms with E-state index in [1.54, 1.807) is 6.92 Å². The molecule has 2 aromatic carbocycles. The normalized spacial score (nSPS) is 20.2. The first-order chi connectivity index (χ1) is 17.2. The van der Waals surface area contributed by atoms with E-state index in [1.807, 2.05) is 47.2 Å². The number of carbonyl (C=O) groups is 2. The Bertz CT molecular complexity index is 1380. The van der Waals surface area contributed by atoms with Crippen LogP contribution in [-0.4, -0.2) is 11.7 Å². The average molecular weight is 509 g/mol. The molecule has 3 aromatic rings. The number of hydrogen-bond acceptors (Lipinski definition) is 4. The van der Waals surface area contributed by atoms with Crippen molar-refractivity contribution in [3.8, 4) is 0 Å². The van der Waals surface area contributed by atoms with Gasteiger partial charge in [0.1, 0.15) is 0 Å². The first-order valence-electron chi connectivity index (χ1n) is 11.5. The monoisotopic (exact) mass is 508 g/mol. The minimum Gasteiger partial charge on any atom is -0.362 e. The third kappa shape index (κ3) is 4.60. The average Bonchev–Trinajstić information content (AvgIpc) is 3.38. The molecule has 8 heteroatoms. The molecule has 0 saturated heterocycles. The summed E-state index contributed by atoms with van der Waals surface area (Å²) in [4.78, 5) is 27.0. The van der Waals surface area contributed by atoms with E-state index < -0.39 is 23.6 Å². The zero-order valence-corrected chi connectivity index (χ0v) is 20.2. The second-order valence-electron chi connectivity index (χ2n) is 9.02. The highest BCUT2D eigenvalue weighted by Gasteiger charge is 2.41. The first-order valence-corrected chi connectivity index (χ1v) is 12.5. The molecule has 36 heavy (non-hydrogen) atoms. The van der Waals surface area contributed by atoms with Crippen molar-refractivity contribution in [3.63, 3.8) is 0 Å². The predicted molar refractivity (Wildman–Crippen MR) is 133 cm³/mol. The van der Waals surface area contributed by atoms with Crippen LogP contribution in [0.3, 0.4) is 0 Å². The minimum atomic E-state index is -4.52. The van der Waals surface area contributed by atoms with E-state index in [0.717, 1.165) is 29.0 Å². The molecule has 184 valence electrons. The van der Waals surface area contributed by atoms with E-state index in [1.165, 1.54) is 23.5 Å². The van der Waals surface area contributed by atoms with E-state index in [-0.39, 0.29) is 17.4 Å². The van der Waals surface area contributed by atoms with Crippen molar-refractivity contribution in [1.29, 1.82) is 0 Å². The lowest BCUT2D eigenvalue weighted by molar-refractivity contribution is -0.137. The summed E-state index contributed by atoms with van der Waals surface area (Å²) in [5, 5.41) is 9.71. The Kier molecular flexibility index (Phi) is 6.30. The van der Waals surface area contributed by atoms with Crippen LogP contribution in [0.5, 0.6) is 0 Å². The van der Waals surface area contributed by atoms with Crippen LogP contribution < -0.4 is 10.6 Å². The molecule has 1 aromatic heterocycles. The predicted octanol–water partition coefficient (Wildman–Crippen LogP) is 6.77. The lowest BCUT2D eigenvalue weighted by Crippen LogP contribution is -2.37. The summed E-state index contributed by atoms with van der Waals surface area (Å²) >= 11 is 1.46. The lowest BCUT2D eigenvalue weighted by Gasteiger charge is -2.36. The van der Waals surface area contributed by atoms with E-state index in [0.29, 0.717) is 29.7 Å². The third-order valence-electron chi connectivity index (χ3n) is 6.67. The van der Waals surface area contributed by atoms with Gasteiger partial charge < -0.3 is 10.6 Å². The van der Waals surface area contributed by atoms with E-state index in [4.69, 9.17) is 0 Å². The molecule has 2 N–H and O–H groups in total. The number of ketones is 1. The Hall–Kier alpha value is -3.65. The van der Waals surface area contributed by atoms with Crippen LogP contribution in [0.1, 0.15) is 48.3 Å². The Morgan fingerprint density at radius 3 is 2.50 bits per heavy atom. The molecule has 5 rings (SSSR count). The summed E-state index contributed by atoms with van der Waals surface area (Å²) in [5.41, 5.74) is 3.35. The maximum absolute atomic E-state index is 13.5. The Labute approximate surface area is 210 Å². The van der Waals surface area contributed by atoms with Crippen molar-refractivity contribution in [1.82, 2.24) is 5.32 Å². The second-order valence-corrected chi connectivity index (χ2v) is 9.80. The summed E-state index contributed by atoms with van der Waals surface area (Å²) in [5.74, 6) is -1.14.